The van der Waals surface area contributed by atoms with Crippen molar-refractivity contribution < 1.29 is 13.2 Å². The van der Waals surface area contributed by atoms with Crippen LogP contribution in [0.25, 0.3) is 0 Å². The number of hydrogen-bond donors (Lipinski definition) is 1. The highest BCUT2D eigenvalue weighted by atomic mass is 19.2. The van der Waals surface area contributed by atoms with Gasteiger partial charge in [0.1, 0.15) is 5.82 Å². The zero-order valence-electron chi connectivity index (χ0n) is 12.4. The molecule has 118 valence electrons. The van der Waals surface area contributed by atoms with E-state index in [0.29, 0.717) is 12.0 Å². The fourth-order valence-corrected chi connectivity index (χ4v) is 2.94. The summed E-state index contributed by atoms with van der Waals surface area (Å²) < 4.78 is 39.6. The molecule has 1 unspecified atom stereocenters. The van der Waals surface area contributed by atoms with Crippen LogP contribution in [-0.2, 0) is 6.42 Å². The second-order valence-corrected chi connectivity index (χ2v) is 6.16. The molecule has 0 radical (unpaired) electrons. The smallest absolute Gasteiger partial charge is 0.161 e. The summed E-state index contributed by atoms with van der Waals surface area (Å²) in [6, 6.07) is 1.25. The highest BCUT2D eigenvalue weighted by molar-refractivity contribution is 5.21. The highest BCUT2D eigenvalue weighted by Crippen LogP contribution is 2.18. The highest BCUT2D eigenvalue weighted by Gasteiger charge is 2.18. The molecule has 0 saturated carbocycles. The van der Waals surface area contributed by atoms with Crippen molar-refractivity contribution in [3.05, 3.63) is 35.1 Å². The lowest BCUT2D eigenvalue weighted by atomic mass is 9.99. The first kappa shape index (κ1) is 16.3. The molecule has 2 atom stereocenters. The van der Waals surface area contributed by atoms with Gasteiger partial charge >= 0.3 is 0 Å². The van der Waals surface area contributed by atoms with Gasteiger partial charge in [-0.1, -0.05) is 6.92 Å². The molecule has 0 bridgehead atoms. The minimum atomic E-state index is -1.16. The van der Waals surface area contributed by atoms with E-state index < -0.39 is 17.5 Å². The van der Waals surface area contributed by atoms with Gasteiger partial charge in [-0.15, -0.1) is 0 Å². The molecule has 2 N–H and O–H groups in total. The van der Waals surface area contributed by atoms with Crippen LogP contribution in [-0.4, -0.2) is 30.6 Å². The summed E-state index contributed by atoms with van der Waals surface area (Å²) in [6.45, 7) is 5.27. The van der Waals surface area contributed by atoms with Crippen molar-refractivity contribution in [2.24, 2.45) is 11.7 Å². The lowest BCUT2D eigenvalue weighted by molar-refractivity contribution is 0.178. The SMILES string of the molecule is CC1CCCN(CC[C@H](N)Cc2cc(F)c(F)cc2F)C1. The van der Waals surface area contributed by atoms with E-state index in [-0.39, 0.29) is 18.0 Å². The van der Waals surface area contributed by atoms with Crippen LogP contribution in [0.2, 0.25) is 0 Å². The van der Waals surface area contributed by atoms with E-state index in [4.69, 9.17) is 5.73 Å². The zero-order chi connectivity index (χ0) is 15.4. The summed E-state index contributed by atoms with van der Waals surface area (Å²) >= 11 is 0. The van der Waals surface area contributed by atoms with Gasteiger partial charge in [0.2, 0.25) is 0 Å². The van der Waals surface area contributed by atoms with Gasteiger partial charge in [0, 0.05) is 18.7 Å². The number of benzene rings is 1. The molecular weight excluding hydrogens is 277 g/mol. The number of hydrogen-bond acceptors (Lipinski definition) is 2. The minimum Gasteiger partial charge on any atom is -0.327 e. The number of rotatable bonds is 5. The maximum atomic E-state index is 13.6. The number of nitrogens with two attached hydrogens (primary N) is 1. The molecule has 1 heterocycles. The van der Waals surface area contributed by atoms with E-state index in [0.717, 1.165) is 32.1 Å². The van der Waals surface area contributed by atoms with Crippen LogP contribution in [0.5, 0.6) is 0 Å². The molecule has 1 aliphatic heterocycles. The minimum absolute atomic E-state index is 0.147. The Morgan fingerprint density at radius 2 is 1.95 bits per heavy atom. The second kappa shape index (κ2) is 7.27. The first-order chi connectivity index (χ1) is 9.95. The van der Waals surface area contributed by atoms with Crippen LogP contribution in [0.4, 0.5) is 13.2 Å². The van der Waals surface area contributed by atoms with Gasteiger partial charge in [0.25, 0.3) is 0 Å². The van der Waals surface area contributed by atoms with Crippen LogP contribution in [0.3, 0.4) is 0 Å². The van der Waals surface area contributed by atoms with Crippen LogP contribution >= 0.6 is 0 Å². The molecule has 2 rings (SSSR count). The normalized spacial score (nSPS) is 21.5. The summed E-state index contributed by atoms with van der Waals surface area (Å²) in [4.78, 5) is 2.37. The van der Waals surface area contributed by atoms with E-state index in [1.807, 2.05) is 0 Å². The lowest BCUT2D eigenvalue weighted by Crippen LogP contribution is -2.38. The number of nitrogens with zero attached hydrogens (tertiary/aromatic N) is 1. The Hall–Kier alpha value is -1.07. The van der Waals surface area contributed by atoms with Gasteiger partial charge in [0.15, 0.2) is 11.6 Å². The van der Waals surface area contributed by atoms with Crippen LogP contribution in [0.1, 0.15) is 31.7 Å². The van der Waals surface area contributed by atoms with E-state index in [9.17, 15) is 13.2 Å². The summed E-state index contributed by atoms with van der Waals surface area (Å²) in [5.41, 5.74) is 6.15. The third kappa shape index (κ3) is 4.71. The predicted molar refractivity (Wildman–Crippen MR) is 77.5 cm³/mol. The van der Waals surface area contributed by atoms with Crippen molar-refractivity contribution in [3.63, 3.8) is 0 Å². The van der Waals surface area contributed by atoms with Crippen LogP contribution in [0.15, 0.2) is 12.1 Å². The molecule has 21 heavy (non-hydrogen) atoms. The van der Waals surface area contributed by atoms with Gasteiger partial charge in [-0.25, -0.2) is 13.2 Å². The van der Waals surface area contributed by atoms with Crippen molar-refractivity contribution in [2.75, 3.05) is 19.6 Å². The molecule has 0 aromatic heterocycles. The molecule has 1 aromatic rings. The summed E-state index contributed by atoms with van der Waals surface area (Å²) in [5.74, 6) is -2.20. The largest absolute Gasteiger partial charge is 0.327 e. The maximum Gasteiger partial charge on any atom is 0.161 e. The van der Waals surface area contributed by atoms with Gasteiger partial charge in [-0.2, -0.15) is 0 Å². The monoisotopic (exact) mass is 300 g/mol. The maximum absolute atomic E-state index is 13.6. The van der Waals surface area contributed by atoms with Gasteiger partial charge in [0.05, 0.1) is 0 Å². The molecule has 2 nitrogen and oxygen atoms in total. The topological polar surface area (TPSA) is 29.3 Å². The third-order valence-corrected chi connectivity index (χ3v) is 4.13. The van der Waals surface area contributed by atoms with E-state index >= 15 is 0 Å². The van der Waals surface area contributed by atoms with Gasteiger partial charge in [-0.3, -0.25) is 0 Å². The number of halogens is 3. The van der Waals surface area contributed by atoms with Crippen LogP contribution in [0, 0.1) is 23.4 Å². The Balaban J connectivity index is 1.84. The summed E-state index contributed by atoms with van der Waals surface area (Å²) in [7, 11) is 0. The molecule has 0 spiro atoms. The molecular formula is C16H23F3N2. The van der Waals surface area contributed by atoms with Crippen molar-refractivity contribution >= 4 is 0 Å². The standard InChI is InChI=1S/C16H23F3N2/c1-11-3-2-5-21(10-11)6-4-13(20)7-12-8-15(18)16(19)9-14(12)17/h8-9,11,13H,2-7,10,20H2,1H3/t11?,13-/m0/s1. The van der Waals surface area contributed by atoms with Crippen molar-refractivity contribution in [1.82, 2.24) is 4.90 Å². The average molecular weight is 300 g/mol. The summed E-state index contributed by atoms with van der Waals surface area (Å²) in [6.07, 6.45) is 3.43. The molecule has 1 fully saturated rings. The zero-order valence-corrected chi connectivity index (χ0v) is 12.4. The lowest BCUT2D eigenvalue weighted by Gasteiger charge is -2.31. The van der Waals surface area contributed by atoms with Gasteiger partial charge < -0.3 is 10.6 Å². The Labute approximate surface area is 124 Å². The summed E-state index contributed by atoms with van der Waals surface area (Å²) in [5, 5.41) is 0. The molecule has 0 amide bonds. The van der Waals surface area contributed by atoms with Crippen molar-refractivity contribution in [2.45, 2.75) is 38.6 Å². The molecule has 1 aromatic carbocycles. The fraction of sp³-hybridized carbons (Fsp3) is 0.625. The van der Waals surface area contributed by atoms with Crippen molar-refractivity contribution in [1.29, 1.82) is 0 Å². The van der Waals surface area contributed by atoms with Gasteiger partial charge in [-0.05, 0) is 56.3 Å². The Bertz CT molecular complexity index is 479. The predicted octanol–water partition coefficient (Wildman–Crippen LogP) is 3.10. The molecule has 1 aliphatic rings. The van der Waals surface area contributed by atoms with Crippen LogP contribution < -0.4 is 5.73 Å². The number of piperidine rings is 1. The Kier molecular flexibility index (Phi) is 5.65. The van der Waals surface area contributed by atoms with Crippen molar-refractivity contribution in [3.8, 4) is 0 Å². The molecule has 0 aliphatic carbocycles. The van der Waals surface area contributed by atoms with E-state index in [1.54, 1.807) is 0 Å². The average Bonchev–Trinajstić information content (AvgIpc) is 2.43. The van der Waals surface area contributed by atoms with E-state index in [2.05, 4.69) is 11.8 Å². The Morgan fingerprint density at radius 3 is 2.67 bits per heavy atom. The quantitative estimate of drug-likeness (QED) is 0.847. The third-order valence-electron chi connectivity index (χ3n) is 4.13. The molecule has 1 saturated heterocycles. The first-order valence-corrected chi connectivity index (χ1v) is 7.57. The van der Waals surface area contributed by atoms with E-state index in [1.165, 1.54) is 12.8 Å². The number of likely N-dealkylation sites (tertiary alicyclic amines) is 1. The molecule has 5 heteroatoms. The second-order valence-electron chi connectivity index (χ2n) is 6.16. The Morgan fingerprint density at radius 1 is 1.24 bits per heavy atom. The first-order valence-electron chi connectivity index (χ1n) is 7.57. The fourth-order valence-electron chi connectivity index (χ4n) is 2.94.